The predicted molar refractivity (Wildman–Crippen MR) is 94.6 cm³/mol. The molecule has 0 saturated heterocycles. The van der Waals surface area contributed by atoms with Crippen molar-refractivity contribution in [3.8, 4) is 11.5 Å². The minimum absolute atomic E-state index is 0.346. The monoisotopic (exact) mass is 333 g/mol. The number of amides is 2. The highest BCUT2D eigenvalue weighted by molar-refractivity contribution is 6.35. The molecule has 3 aromatic carbocycles. The van der Waals surface area contributed by atoms with E-state index >= 15 is 0 Å². The van der Waals surface area contributed by atoms with Gasteiger partial charge in [-0.1, -0.05) is 24.3 Å². The van der Waals surface area contributed by atoms with Crippen LogP contribution in [0, 0.1) is 0 Å². The van der Waals surface area contributed by atoms with Gasteiger partial charge in [-0.3, -0.25) is 9.59 Å². The average molecular weight is 333 g/mol. The van der Waals surface area contributed by atoms with E-state index < -0.39 is 0 Å². The van der Waals surface area contributed by atoms with E-state index in [2.05, 4.69) is 0 Å². The molecule has 0 aliphatic carbocycles. The molecule has 0 unspecified atom stereocenters. The van der Waals surface area contributed by atoms with Crippen molar-refractivity contribution in [3.63, 3.8) is 0 Å². The first-order valence-corrected chi connectivity index (χ1v) is 7.78. The van der Waals surface area contributed by atoms with E-state index in [-0.39, 0.29) is 11.8 Å². The molecule has 4 rings (SSSR count). The Morgan fingerprint density at radius 1 is 0.760 bits per heavy atom. The van der Waals surface area contributed by atoms with Crippen LogP contribution in [0.4, 0.5) is 5.69 Å². The van der Waals surface area contributed by atoms with Gasteiger partial charge in [-0.15, -0.1) is 0 Å². The molecule has 0 spiro atoms. The van der Waals surface area contributed by atoms with Gasteiger partial charge in [0.05, 0.1) is 19.9 Å². The SMILES string of the molecule is COc1ccc(N2C(=O)c3cccc4cccc(c34)C2=O)cc1OC. The maximum absolute atomic E-state index is 13.0. The lowest BCUT2D eigenvalue weighted by atomic mass is 9.94. The van der Waals surface area contributed by atoms with E-state index in [0.717, 1.165) is 5.39 Å². The molecule has 0 bridgehead atoms. The predicted octanol–water partition coefficient (Wildman–Crippen LogP) is 3.66. The third-order valence-corrected chi connectivity index (χ3v) is 4.40. The topological polar surface area (TPSA) is 55.8 Å². The zero-order chi connectivity index (χ0) is 17.6. The number of ether oxygens (including phenoxy) is 2. The number of carbonyl (C=O) groups excluding carboxylic acids is 2. The van der Waals surface area contributed by atoms with Gasteiger partial charge in [-0.2, -0.15) is 0 Å². The summed E-state index contributed by atoms with van der Waals surface area (Å²) in [6.07, 6.45) is 0. The second kappa shape index (κ2) is 5.63. The summed E-state index contributed by atoms with van der Waals surface area (Å²) in [6, 6.07) is 15.9. The van der Waals surface area contributed by atoms with Gasteiger partial charge < -0.3 is 9.47 Å². The van der Waals surface area contributed by atoms with Crippen LogP contribution in [0.15, 0.2) is 54.6 Å². The Balaban J connectivity index is 1.91. The third-order valence-electron chi connectivity index (χ3n) is 4.40. The summed E-state index contributed by atoms with van der Waals surface area (Å²) in [5, 5.41) is 1.58. The molecule has 0 radical (unpaired) electrons. The number of carbonyl (C=O) groups is 2. The van der Waals surface area contributed by atoms with Gasteiger partial charge in [0.15, 0.2) is 11.5 Å². The van der Waals surface area contributed by atoms with Crippen molar-refractivity contribution in [2.24, 2.45) is 0 Å². The lowest BCUT2D eigenvalue weighted by Gasteiger charge is -2.27. The molecule has 0 atom stereocenters. The smallest absolute Gasteiger partial charge is 0.265 e. The van der Waals surface area contributed by atoms with Crippen LogP contribution in [0.25, 0.3) is 10.8 Å². The molecule has 0 fully saturated rings. The molecule has 124 valence electrons. The van der Waals surface area contributed by atoms with Gasteiger partial charge in [-0.05, 0) is 29.7 Å². The van der Waals surface area contributed by atoms with E-state index in [1.165, 1.54) is 19.1 Å². The van der Waals surface area contributed by atoms with Crippen LogP contribution in [0.5, 0.6) is 11.5 Å². The second-order valence-electron chi connectivity index (χ2n) is 5.69. The lowest BCUT2D eigenvalue weighted by molar-refractivity contribution is 0.0893. The molecule has 1 aliphatic heterocycles. The standard InChI is InChI=1S/C20H15NO4/c1-24-16-10-9-13(11-17(16)25-2)21-19(22)14-7-3-5-12-6-4-8-15(18(12)14)20(21)23/h3-11H,1-2H3. The molecular formula is C20H15NO4. The highest BCUT2D eigenvalue weighted by atomic mass is 16.5. The summed E-state index contributed by atoms with van der Waals surface area (Å²) < 4.78 is 10.5. The van der Waals surface area contributed by atoms with Crippen LogP contribution in [0.3, 0.4) is 0 Å². The lowest BCUT2D eigenvalue weighted by Crippen LogP contribution is -2.40. The summed E-state index contributed by atoms with van der Waals surface area (Å²) in [5.41, 5.74) is 1.48. The first-order valence-electron chi connectivity index (χ1n) is 7.78. The van der Waals surface area contributed by atoms with Crippen molar-refractivity contribution >= 4 is 28.3 Å². The molecule has 3 aromatic rings. The maximum Gasteiger partial charge on any atom is 0.265 e. The van der Waals surface area contributed by atoms with Crippen molar-refractivity contribution in [3.05, 3.63) is 65.7 Å². The first-order chi connectivity index (χ1) is 12.2. The van der Waals surface area contributed by atoms with Gasteiger partial charge in [0.1, 0.15) is 0 Å². The maximum atomic E-state index is 13.0. The van der Waals surface area contributed by atoms with Crippen molar-refractivity contribution in [1.29, 1.82) is 0 Å². The van der Waals surface area contributed by atoms with Gasteiger partial charge in [0.25, 0.3) is 11.8 Å². The highest BCUT2D eigenvalue weighted by Gasteiger charge is 2.34. The molecule has 1 aliphatic rings. The number of hydrogen-bond acceptors (Lipinski definition) is 4. The van der Waals surface area contributed by atoms with Crippen LogP contribution in [0.2, 0.25) is 0 Å². The Bertz CT molecular complexity index is 975. The first kappa shape index (κ1) is 15.2. The van der Waals surface area contributed by atoms with Gasteiger partial charge in [-0.25, -0.2) is 4.90 Å². The number of hydrogen-bond donors (Lipinski definition) is 0. The number of methoxy groups -OCH3 is 2. The molecule has 0 N–H and O–H groups in total. The Kier molecular flexibility index (Phi) is 3.42. The molecular weight excluding hydrogens is 318 g/mol. The number of anilines is 1. The van der Waals surface area contributed by atoms with Crippen molar-refractivity contribution in [1.82, 2.24) is 0 Å². The van der Waals surface area contributed by atoms with Crippen LogP contribution < -0.4 is 14.4 Å². The Morgan fingerprint density at radius 2 is 1.36 bits per heavy atom. The Hall–Kier alpha value is -3.34. The van der Waals surface area contributed by atoms with Crippen molar-refractivity contribution < 1.29 is 19.1 Å². The highest BCUT2D eigenvalue weighted by Crippen LogP contribution is 2.36. The van der Waals surface area contributed by atoms with Crippen LogP contribution >= 0.6 is 0 Å². The third kappa shape index (κ3) is 2.16. The van der Waals surface area contributed by atoms with E-state index in [1.54, 1.807) is 30.3 Å². The Labute approximate surface area is 144 Å². The molecule has 0 aromatic heterocycles. The average Bonchev–Trinajstić information content (AvgIpc) is 2.66. The minimum atomic E-state index is -0.346. The van der Waals surface area contributed by atoms with E-state index in [9.17, 15) is 9.59 Å². The Morgan fingerprint density at radius 3 is 1.92 bits per heavy atom. The molecule has 1 heterocycles. The number of benzene rings is 3. The zero-order valence-electron chi connectivity index (χ0n) is 13.8. The summed E-state index contributed by atoms with van der Waals surface area (Å²) in [6.45, 7) is 0. The number of nitrogens with zero attached hydrogens (tertiary/aromatic N) is 1. The van der Waals surface area contributed by atoms with Crippen LogP contribution in [-0.2, 0) is 0 Å². The summed E-state index contributed by atoms with van der Waals surface area (Å²) in [5.74, 6) is 0.298. The quantitative estimate of drug-likeness (QED) is 0.687. The van der Waals surface area contributed by atoms with Crippen molar-refractivity contribution in [2.75, 3.05) is 19.1 Å². The fourth-order valence-corrected chi connectivity index (χ4v) is 3.23. The van der Waals surface area contributed by atoms with Gasteiger partial charge in [0.2, 0.25) is 0 Å². The second-order valence-corrected chi connectivity index (χ2v) is 5.69. The van der Waals surface area contributed by atoms with Crippen molar-refractivity contribution in [2.45, 2.75) is 0 Å². The number of rotatable bonds is 3. The normalized spacial score (nSPS) is 13.3. The van der Waals surface area contributed by atoms with Gasteiger partial charge >= 0.3 is 0 Å². The fraction of sp³-hybridized carbons (Fsp3) is 0.100. The summed E-state index contributed by atoms with van der Waals surface area (Å²) >= 11 is 0. The molecule has 2 amide bonds. The molecule has 5 heteroatoms. The van der Waals surface area contributed by atoms with E-state index in [0.29, 0.717) is 33.7 Å². The summed E-state index contributed by atoms with van der Waals surface area (Å²) in [7, 11) is 3.04. The van der Waals surface area contributed by atoms with Crippen LogP contribution in [0.1, 0.15) is 20.7 Å². The van der Waals surface area contributed by atoms with E-state index in [4.69, 9.17) is 9.47 Å². The molecule has 25 heavy (non-hydrogen) atoms. The van der Waals surface area contributed by atoms with E-state index in [1.807, 2.05) is 24.3 Å². The van der Waals surface area contributed by atoms with Crippen LogP contribution in [-0.4, -0.2) is 26.0 Å². The van der Waals surface area contributed by atoms with Gasteiger partial charge in [0, 0.05) is 22.6 Å². The molecule has 0 saturated carbocycles. The fourth-order valence-electron chi connectivity index (χ4n) is 3.23. The summed E-state index contributed by atoms with van der Waals surface area (Å²) in [4.78, 5) is 27.2. The largest absolute Gasteiger partial charge is 0.493 e. The number of imide groups is 1. The zero-order valence-corrected chi connectivity index (χ0v) is 13.8. The molecule has 5 nitrogen and oxygen atoms in total. The minimum Gasteiger partial charge on any atom is -0.493 e.